The molecule has 3 rings (SSSR count). The van der Waals surface area contributed by atoms with E-state index in [-0.39, 0.29) is 16.9 Å². The van der Waals surface area contributed by atoms with Gasteiger partial charge in [0, 0.05) is 41.5 Å². The van der Waals surface area contributed by atoms with Crippen LogP contribution in [-0.2, 0) is 4.74 Å². The summed E-state index contributed by atoms with van der Waals surface area (Å²) in [5, 5.41) is 0.234. The first-order valence-electron chi connectivity index (χ1n) is 9.25. The normalized spacial score (nSPS) is 16.6. The van der Waals surface area contributed by atoms with Gasteiger partial charge in [0.2, 0.25) is 0 Å². The van der Waals surface area contributed by atoms with E-state index < -0.39 is 11.9 Å². The second kappa shape index (κ2) is 9.64. The van der Waals surface area contributed by atoms with Gasteiger partial charge in [-0.05, 0) is 26.0 Å². The standard InChI is InChI=1S/C21H22Cl2FN3O2/c1-13(27-7-9-28-10-8-27)3-4-15-11-18(21(25)26-12-15)29-14(2)19-16(22)5-6-17(24)20(19)23/h5-6,11-14H,7-10H2,1-2H3,(H2,25,26). The molecular weight excluding hydrogens is 416 g/mol. The average Bonchev–Trinajstić information content (AvgIpc) is 2.72. The third-order valence-electron chi connectivity index (χ3n) is 4.69. The van der Waals surface area contributed by atoms with Gasteiger partial charge >= 0.3 is 0 Å². The van der Waals surface area contributed by atoms with Crippen molar-refractivity contribution in [1.29, 1.82) is 0 Å². The van der Waals surface area contributed by atoms with E-state index in [1.807, 2.05) is 0 Å². The molecule has 0 aliphatic carbocycles. The van der Waals surface area contributed by atoms with E-state index in [4.69, 9.17) is 38.4 Å². The van der Waals surface area contributed by atoms with Gasteiger partial charge in [0.05, 0.1) is 24.3 Å². The number of nitrogens with zero attached hydrogens (tertiary/aromatic N) is 2. The lowest BCUT2D eigenvalue weighted by atomic mass is 10.1. The molecule has 2 unspecified atom stereocenters. The van der Waals surface area contributed by atoms with Crippen LogP contribution in [0.3, 0.4) is 0 Å². The number of hydrogen-bond donors (Lipinski definition) is 1. The Morgan fingerprint density at radius 1 is 1.28 bits per heavy atom. The largest absolute Gasteiger partial charge is 0.482 e. The van der Waals surface area contributed by atoms with Gasteiger partial charge in [-0.3, -0.25) is 4.90 Å². The summed E-state index contributed by atoms with van der Waals surface area (Å²) in [6.07, 6.45) is 0.957. The number of anilines is 1. The van der Waals surface area contributed by atoms with Crippen molar-refractivity contribution in [1.82, 2.24) is 9.88 Å². The first kappa shape index (κ1) is 21.7. The van der Waals surface area contributed by atoms with Crippen molar-refractivity contribution in [2.45, 2.75) is 26.0 Å². The Hall–Kier alpha value is -2.04. The second-order valence-electron chi connectivity index (χ2n) is 6.72. The maximum absolute atomic E-state index is 13.8. The number of halogens is 3. The molecule has 5 nitrogen and oxygen atoms in total. The zero-order chi connectivity index (χ0) is 21.0. The summed E-state index contributed by atoms with van der Waals surface area (Å²) in [4.78, 5) is 6.41. The number of nitrogen functional groups attached to an aromatic ring is 1. The molecule has 1 aromatic heterocycles. The van der Waals surface area contributed by atoms with E-state index in [1.54, 1.807) is 19.2 Å². The second-order valence-corrected chi connectivity index (χ2v) is 7.50. The van der Waals surface area contributed by atoms with Crippen LogP contribution < -0.4 is 10.5 Å². The predicted octanol–water partition coefficient (Wildman–Crippen LogP) is 4.32. The van der Waals surface area contributed by atoms with E-state index in [0.29, 0.717) is 21.9 Å². The minimum Gasteiger partial charge on any atom is -0.482 e. The summed E-state index contributed by atoms with van der Waals surface area (Å²) < 4.78 is 25.1. The van der Waals surface area contributed by atoms with Crippen LogP contribution in [0.5, 0.6) is 5.75 Å². The Labute approximate surface area is 179 Å². The van der Waals surface area contributed by atoms with Crippen LogP contribution in [0.15, 0.2) is 24.4 Å². The molecule has 0 radical (unpaired) electrons. The topological polar surface area (TPSA) is 60.6 Å². The predicted molar refractivity (Wildman–Crippen MR) is 113 cm³/mol. The fourth-order valence-electron chi connectivity index (χ4n) is 3.03. The number of rotatable bonds is 4. The van der Waals surface area contributed by atoms with Crippen molar-refractivity contribution in [2.75, 3.05) is 32.0 Å². The minimum absolute atomic E-state index is 0.0770. The molecule has 2 heterocycles. The first-order chi connectivity index (χ1) is 13.9. The molecule has 1 aromatic carbocycles. The quantitative estimate of drug-likeness (QED) is 0.569. The molecular formula is C21H22Cl2FN3O2. The number of aromatic nitrogens is 1. The molecule has 0 amide bonds. The van der Waals surface area contributed by atoms with Gasteiger partial charge in [0.1, 0.15) is 11.9 Å². The number of benzene rings is 1. The molecule has 2 N–H and O–H groups in total. The SMILES string of the molecule is CC(Oc1cc(C#CC(C)N2CCOCC2)cnc1N)c1c(Cl)ccc(F)c1Cl. The molecule has 1 aliphatic rings. The van der Waals surface area contributed by atoms with E-state index >= 15 is 0 Å². The third-order valence-corrected chi connectivity index (χ3v) is 5.40. The van der Waals surface area contributed by atoms with Crippen molar-refractivity contribution in [2.24, 2.45) is 0 Å². The van der Waals surface area contributed by atoms with Crippen molar-refractivity contribution >= 4 is 29.0 Å². The zero-order valence-corrected chi connectivity index (χ0v) is 17.7. The summed E-state index contributed by atoms with van der Waals surface area (Å²) in [6.45, 7) is 6.92. The lowest BCUT2D eigenvalue weighted by Gasteiger charge is -2.29. The van der Waals surface area contributed by atoms with Crippen LogP contribution in [0, 0.1) is 17.7 Å². The summed E-state index contributed by atoms with van der Waals surface area (Å²) in [5.41, 5.74) is 6.96. The molecule has 29 heavy (non-hydrogen) atoms. The number of nitrogens with two attached hydrogens (primary N) is 1. The lowest BCUT2D eigenvalue weighted by Crippen LogP contribution is -2.41. The minimum atomic E-state index is -0.634. The number of pyridine rings is 1. The summed E-state index contributed by atoms with van der Waals surface area (Å²) in [6, 6.07) is 4.44. The highest BCUT2D eigenvalue weighted by atomic mass is 35.5. The Morgan fingerprint density at radius 2 is 2.00 bits per heavy atom. The molecule has 0 spiro atoms. The van der Waals surface area contributed by atoms with Crippen LogP contribution in [0.1, 0.15) is 31.1 Å². The van der Waals surface area contributed by atoms with Crippen molar-refractivity contribution in [3.63, 3.8) is 0 Å². The van der Waals surface area contributed by atoms with Gasteiger partial charge in [0.25, 0.3) is 0 Å². The third kappa shape index (κ3) is 5.31. The van der Waals surface area contributed by atoms with E-state index in [9.17, 15) is 4.39 Å². The number of ether oxygens (including phenoxy) is 2. The van der Waals surface area contributed by atoms with Gasteiger partial charge in [-0.15, -0.1) is 0 Å². The first-order valence-corrected chi connectivity index (χ1v) is 10.0. The molecule has 1 saturated heterocycles. The van der Waals surface area contributed by atoms with Gasteiger partial charge in [-0.2, -0.15) is 0 Å². The van der Waals surface area contributed by atoms with E-state index in [2.05, 4.69) is 28.6 Å². The van der Waals surface area contributed by atoms with Crippen LogP contribution in [0.2, 0.25) is 10.0 Å². The summed E-state index contributed by atoms with van der Waals surface area (Å²) in [5.74, 6) is 6.30. The van der Waals surface area contributed by atoms with Crippen molar-refractivity contribution in [3.8, 4) is 17.6 Å². The molecule has 154 valence electrons. The highest BCUT2D eigenvalue weighted by Crippen LogP contribution is 2.35. The molecule has 0 saturated carbocycles. The average molecular weight is 438 g/mol. The zero-order valence-electron chi connectivity index (χ0n) is 16.2. The van der Waals surface area contributed by atoms with Crippen LogP contribution >= 0.6 is 23.2 Å². The molecule has 1 fully saturated rings. The Balaban J connectivity index is 1.78. The smallest absolute Gasteiger partial charge is 0.166 e. The molecule has 8 heteroatoms. The maximum Gasteiger partial charge on any atom is 0.166 e. The monoisotopic (exact) mass is 437 g/mol. The molecule has 0 bridgehead atoms. The fraction of sp³-hybridized carbons (Fsp3) is 0.381. The highest BCUT2D eigenvalue weighted by Gasteiger charge is 2.20. The van der Waals surface area contributed by atoms with Gasteiger partial charge in [0.15, 0.2) is 11.6 Å². The molecule has 2 aromatic rings. The van der Waals surface area contributed by atoms with Crippen molar-refractivity contribution in [3.05, 3.63) is 51.4 Å². The van der Waals surface area contributed by atoms with Crippen LogP contribution in [0.25, 0.3) is 0 Å². The Morgan fingerprint density at radius 3 is 2.72 bits per heavy atom. The summed E-state index contributed by atoms with van der Waals surface area (Å²) in [7, 11) is 0. The Bertz CT molecular complexity index is 939. The van der Waals surface area contributed by atoms with Gasteiger partial charge < -0.3 is 15.2 Å². The van der Waals surface area contributed by atoms with Gasteiger partial charge in [-0.25, -0.2) is 9.37 Å². The molecule has 2 atom stereocenters. The fourth-order valence-corrected chi connectivity index (χ4v) is 3.70. The van der Waals surface area contributed by atoms with Gasteiger partial charge in [-0.1, -0.05) is 35.0 Å². The van der Waals surface area contributed by atoms with E-state index in [1.165, 1.54) is 12.1 Å². The lowest BCUT2D eigenvalue weighted by molar-refractivity contribution is 0.0302. The number of morpholine rings is 1. The van der Waals surface area contributed by atoms with E-state index in [0.717, 1.165) is 26.3 Å². The van der Waals surface area contributed by atoms with Crippen LogP contribution in [-0.4, -0.2) is 42.2 Å². The molecule has 1 aliphatic heterocycles. The van der Waals surface area contributed by atoms with Crippen molar-refractivity contribution < 1.29 is 13.9 Å². The maximum atomic E-state index is 13.8. The number of hydrogen-bond acceptors (Lipinski definition) is 5. The summed E-state index contributed by atoms with van der Waals surface area (Å²) >= 11 is 12.2. The highest BCUT2D eigenvalue weighted by molar-refractivity contribution is 6.36. The Kier molecular flexibility index (Phi) is 7.20. The van der Waals surface area contributed by atoms with Crippen LogP contribution in [0.4, 0.5) is 10.2 Å².